The molecule has 2 aromatic rings. The molecule has 0 spiro atoms. The number of rotatable bonds is 7. The number of benzene rings is 1. The maximum atomic E-state index is 12.1. The molecule has 1 heterocycles. The Labute approximate surface area is 123 Å². The number of methoxy groups -OCH3 is 2. The Morgan fingerprint density at radius 3 is 2.71 bits per heavy atom. The lowest BCUT2D eigenvalue weighted by molar-refractivity contribution is 0.0940. The van der Waals surface area contributed by atoms with Crippen LogP contribution in [0.2, 0.25) is 0 Å². The van der Waals surface area contributed by atoms with Gasteiger partial charge in [0.15, 0.2) is 11.4 Å². The van der Waals surface area contributed by atoms with Crippen LogP contribution in [-0.4, -0.2) is 43.1 Å². The van der Waals surface area contributed by atoms with E-state index in [1.807, 2.05) is 30.3 Å². The summed E-state index contributed by atoms with van der Waals surface area (Å²) in [4.78, 5) is 12.1. The zero-order valence-electron chi connectivity index (χ0n) is 12.2. The van der Waals surface area contributed by atoms with Gasteiger partial charge in [0, 0.05) is 20.3 Å². The molecule has 0 radical (unpaired) electrons. The first-order valence-electron chi connectivity index (χ1n) is 6.72. The number of carbonyl (C=O) groups excluding carboxylic acids is 1. The second-order valence-electron chi connectivity index (χ2n) is 4.43. The Morgan fingerprint density at radius 2 is 2.05 bits per heavy atom. The lowest BCUT2D eigenvalue weighted by atomic mass is 10.3. The van der Waals surface area contributed by atoms with Crippen molar-refractivity contribution in [1.29, 1.82) is 0 Å². The highest BCUT2D eigenvalue weighted by Crippen LogP contribution is 2.19. The van der Waals surface area contributed by atoms with Gasteiger partial charge in [0.1, 0.15) is 0 Å². The minimum atomic E-state index is -0.252. The van der Waals surface area contributed by atoms with E-state index in [0.29, 0.717) is 18.9 Å². The highest BCUT2D eigenvalue weighted by atomic mass is 16.5. The number of amides is 1. The summed E-state index contributed by atoms with van der Waals surface area (Å²) in [5, 5.41) is 7.10. The van der Waals surface area contributed by atoms with Gasteiger partial charge in [-0.25, -0.2) is 4.68 Å². The lowest BCUT2D eigenvalue weighted by Gasteiger charge is -2.03. The standard InChI is InChI=1S/C15H19N3O3/c1-20-10-6-9-16-15(19)14-13(21-2)11-18(17-14)12-7-4-3-5-8-12/h3-5,7-8,11H,6,9-10H2,1-2H3,(H,16,19). The summed E-state index contributed by atoms with van der Waals surface area (Å²) in [5.74, 6) is 0.195. The molecule has 0 bridgehead atoms. The molecule has 0 aliphatic rings. The zero-order valence-corrected chi connectivity index (χ0v) is 12.2. The van der Waals surface area contributed by atoms with Crippen molar-refractivity contribution in [2.75, 3.05) is 27.4 Å². The van der Waals surface area contributed by atoms with Crippen LogP contribution in [-0.2, 0) is 4.74 Å². The van der Waals surface area contributed by atoms with Gasteiger partial charge in [0.05, 0.1) is 19.0 Å². The van der Waals surface area contributed by atoms with Crippen molar-refractivity contribution in [2.45, 2.75) is 6.42 Å². The van der Waals surface area contributed by atoms with Crippen LogP contribution in [0.15, 0.2) is 36.5 Å². The number of nitrogens with zero attached hydrogens (tertiary/aromatic N) is 2. The Hall–Kier alpha value is -2.34. The number of carbonyl (C=O) groups is 1. The van der Waals surface area contributed by atoms with E-state index in [0.717, 1.165) is 12.1 Å². The van der Waals surface area contributed by atoms with Crippen molar-refractivity contribution in [2.24, 2.45) is 0 Å². The van der Waals surface area contributed by atoms with Gasteiger partial charge in [0.2, 0.25) is 0 Å². The molecule has 0 unspecified atom stereocenters. The van der Waals surface area contributed by atoms with Crippen molar-refractivity contribution in [3.8, 4) is 11.4 Å². The summed E-state index contributed by atoms with van der Waals surface area (Å²) in [6.07, 6.45) is 2.45. The predicted octanol–water partition coefficient (Wildman–Crippen LogP) is 1.65. The molecule has 2 rings (SSSR count). The maximum absolute atomic E-state index is 12.1. The fourth-order valence-electron chi connectivity index (χ4n) is 1.88. The van der Waals surface area contributed by atoms with Gasteiger partial charge in [-0.05, 0) is 18.6 Å². The number of nitrogens with one attached hydrogen (secondary N) is 1. The molecule has 0 saturated carbocycles. The average molecular weight is 289 g/mol. The average Bonchev–Trinajstić information content (AvgIpc) is 2.96. The maximum Gasteiger partial charge on any atom is 0.275 e. The molecule has 1 N–H and O–H groups in total. The third-order valence-corrected chi connectivity index (χ3v) is 2.95. The zero-order chi connectivity index (χ0) is 15.1. The van der Waals surface area contributed by atoms with Crippen LogP contribution < -0.4 is 10.1 Å². The van der Waals surface area contributed by atoms with E-state index in [4.69, 9.17) is 9.47 Å². The molecule has 0 saturated heterocycles. The van der Waals surface area contributed by atoms with Crippen LogP contribution in [0.4, 0.5) is 0 Å². The van der Waals surface area contributed by atoms with Crippen molar-refractivity contribution in [3.63, 3.8) is 0 Å². The molecule has 1 aromatic carbocycles. The molecule has 1 aromatic heterocycles. The van der Waals surface area contributed by atoms with Gasteiger partial charge < -0.3 is 14.8 Å². The number of hydrogen-bond acceptors (Lipinski definition) is 4. The normalized spacial score (nSPS) is 10.4. The fourth-order valence-corrected chi connectivity index (χ4v) is 1.88. The highest BCUT2D eigenvalue weighted by Gasteiger charge is 2.17. The number of para-hydroxylation sites is 1. The van der Waals surface area contributed by atoms with E-state index in [1.54, 1.807) is 18.0 Å². The van der Waals surface area contributed by atoms with Crippen LogP contribution in [0.1, 0.15) is 16.9 Å². The molecule has 6 nitrogen and oxygen atoms in total. The van der Waals surface area contributed by atoms with Crippen molar-refractivity contribution < 1.29 is 14.3 Å². The topological polar surface area (TPSA) is 65.4 Å². The predicted molar refractivity (Wildman–Crippen MR) is 78.9 cm³/mol. The molecule has 112 valence electrons. The fraction of sp³-hybridized carbons (Fsp3) is 0.333. The second-order valence-corrected chi connectivity index (χ2v) is 4.43. The highest BCUT2D eigenvalue weighted by molar-refractivity contribution is 5.94. The van der Waals surface area contributed by atoms with Crippen LogP contribution in [0, 0.1) is 0 Å². The number of aromatic nitrogens is 2. The van der Waals surface area contributed by atoms with E-state index in [1.165, 1.54) is 7.11 Å². The SMILES string of the molecule is COCCCNC(=O)c1nn(-c2ccccc2)cc1OC. The van der Waals surface area contributed by atoms with Gasteiger partial charge in [-0.15, -0.1) is 0 Å². The summed E-state index contributed by atoms with van der Waals surface area (Å²) in [6.45, 7) is 1.14. The molecule has 21 heavy (non-hydrogen) atoms. The Bertz CT molecular complexity index is 581. The Balaban J connectivity index is 2.12. The molecule has 0 aliphatic carbocycles. The molecule has 1 amide bonds. The summed E-state index contributed by atoms with van der Waals surface area (Å²) in [5.41, 5.74) is 1.15. The van der Waals surface area contributed by atoms with Crippen LogP contribution in [0.5, 0.6) is 5.75 Å². The van der Waals surface area contributed by atoms with E-state index in [9.17, 15) is 4.79 Å². The quantitative estimate of drug-likeness (QED) is 0.787. The van der Waals surface area contributed by atoms with Crippen molar-refractivity contribution in [3.05, 3.63) is 42.2 Å². The Kier molecular flexibility index (Phi) is 5.34. The van der Waals surface area contributed by atoms with Gasteiger partial charge in [0.25, 0.3) is 5.91 Å². The largest absolute Gasteiger partial charge is 0.493 e. The van der Waals surface area contributed by atoms with Gasteiger partial charge in [-0.2, -0.15) is 5.10 Å². The number of ether oxygens (including phenoxy) is 2. The molecule has 0 atom stereocenters. The lowest BCUT2D eigenvalue weighted by Crippen LogP contribution is -2.26. The van der Waals surface area contributed by atoms with Crippen molar-refractivity contribution >= 4 is 5.91 Å². The summed E-state index contributed by atoms with van der Waals surface area (Å²) in [7, 11) is 3.15. The second kappa shape index (κ2) is 7.44. The third-order valence-electron chi connectivity index (χ3n) is 2.95. The third kappa shape index (κ3) is 3.82. The summed E-state index contributed by atoms with van der Waals surface area (Å²) < 4.78 is 11.8. The van der Waals surface area contributed by atoms with Crippen LogP contribution >= 0.6 is 0 Å². The summed E-state index contributed by atoms with van der Waals surface area (Å²) >= 11 is 0. The van der Waals surface area contributed by atoms with E-state index in [2.05, 4.69) is 10.4 Å². The molecular formula is C15H19N3O3. The van der Waals surface area contributed by atoms with E-state index in [-0.39, 0.29) is 11.6 Å². The minimum Gasteiger partial charge on any atom is -0.493 e. The monoisotopic (exact) mass is 289 g/mol. The van der Waals surface area contributed by atoms with Crippen molar-refractivity contribution in [1.82, 2.24) is 15.1 Å². The smallest absolute Gasteiger partial charge is 0.275 e. The number of hydrogen-bond donors (Lipinski definition) is 1. The van der Waals surface area contributed by atoms with E-state index < -0.39 is 0 Å². The minimum absolute atomic E-state index is 0.252. The van der Waals surface area contributed by atoms with Gasteiger partial charge >= 0.3 is 0 Å². The molecular weight excluding hydrogens is 270 g/mol. The molecule has 6 heteroatoms. The first-order chi connectivity index (χ1) is 10.3. The van der Waals surface area contributed by atoms with Crippen LogP contribution in [0.3, 0.4) is 0 Å². The molecule has 0 fully saturated rings. The van der Waals surface area contributed by atoms with Gasteiger partial charge in [-0.3, -0.25) is 4.79 Å². The van der Waals surface area contributed by atoms with E-state index >= 15 is 0 Å². The molecule has 0 aliphatic heterocycles. The van der Waals surface area contributed by atoms with Crippen LogP contribution in [0.25, 0.3) is 5.69 Å². The first kappa shape index (κ1) is 15.1. The Morgan fingerprint density at radius 1 is 1.29 bits per heavy atom. The van der Waals surface area contributed by atoms with Gasteiger partial charge in [-0.1, -0.05) is 18.2 Å². The first-order valence-corrected chi connectivity index (χ1v) is 6.72. The summed E-state index contributed by atoms with van der Waals surface area (Å²) in [6, 6.07) is 9.56.